The van der Waals surface area contributed by atoms with Crippen molar-refractivity contribution in [3.63, 3.8) is 0 Å². The Bertz CT molecular complexity index is 913. The molecule has 0 spiro atoms. The number of aliphatic hydroxyl groups is 1. The number of Topliss-reactive ketones (excluding diaryl/α,β-unsaturated/α-hetero) is 1. The number of ether oxygens (including phenoxy) is 1. The number of hydrogen-bond donors (Lipinski definition) is 2. The monoisotopic (exact) mass is 486 g/mol. The van der Waals surface area contributed by atoms with Crippen LogP contribution in [-0.2, 0) is 14.3 Å². The van der Waals surface area contributed by atoms with E-state index < -0.39 is 24.3 Å². The van der Waals surface area contributed by atoms with Crippen LogP contribution in [0.4, 0.5) is 5.69 Å². The third-order valence-corrected chi connectivity index (χ3v) is 7.16. The Balaban J connectivity index is 1.40. The lowest BCUT2D eigenvalue weighted by Gasteiger charge is -2.36. The average Bonchev–Trinajstić information content (AvgIpc) is 3.39. The second-order valence-corrected chi connectivity index (χ2v) is 10.3. The standard InChI is InChI=1S/C26H38N4O5/c1-4-9-28-10-12-29(13-11-28)19-7-5-18(6-8-19)25(33)27-20(14-17(2)3)26(34)30-15-21(31)24-23(30)22(32)16-35-24/h5-8,17,20-21,23-24,31H,4,9-16H2,1-3H3,(H,27,33)/t20-,21+,23+,24+/m0/s1. The van der Waals surface area contributed by atoms with Crippen molar-refractivity contribution in [3.8, 4) is 0 Å². The van der Waals surface area contributed by atoms with E-state index in [1.807, 2.05) is 26.0 Å². The van der Waals surface area contributed by atoms with E-state index in [1.165, 1.54) is 4.90 Å². The predicted molar refractivity (Wildman–Crippen MR) is 132 cm³/mol. The van der Waals surface area contributed by atoms with Crippen LogP contribution < -0.4 is 10.2 Å². The van der Waals surface area contributed by atoms with E-state index in [1.54, 1.807) is 12.1 Å². The zero-order valence-electron chi connectivity index (χ0n) is 21.0. The predicted octanol–water partition coefficient (Wildman–Crippen LogP) is 0.903. The summed E-state index contributed by atoms with van der Waals surface area (Å²) >= 11 is 0. The molecule has 9 heteroatoms. The first kappa shape index (κ1) is 25.6. The third kappa shape index (κ3) is 5.68. The molecule has 2 N–H and O–H groups in total. The van der Waals surface area contributed by atoms with Gasteiger partial charge in [0.05, 0.1) is 6.54 Å². The molecule has 3 heterocycles. The molecule has 4 atom stereocenters. The lowest BCUT2D eigenvalue weighted by Crippen LogP contribution is -2.52. The van der Waals surface area contributed by atoms with Crippen LogP contribution in [0, 0.1) is 5.92 Å². The van der Waals surface area contributed by atoms with Crippen LogP contribution >= 0.6 is 0 Å². The Morgan fingerprint density at radius 2 is 1.83 bits per heavy atom. The van der Waals surface area contributed by atoms with Gasteiger partial charge in [0.1, 0.15) is 30.9 Å². The van der Waals surface area contributed by atoms with Gasteiger partial charge in [-0.1, -0.05) is 20.8 Å². The van der Waals surface area contributed by atoms with Crippen LogP contribution in [0.3, 0.4) is 0 Å². The number of benzene rings is 1. The third-order valence-electron chi connectivity index (χ3n) is 7.16. The molecule has 2 amide bonds. The molecule has 3 aliphatic rings. The number of anilines is 1. The van der Waals surface area contributed by atoms with E-state index in [0.717, 1.165) is 44.8 Å². The molecule has 0 unspecified atom stereocenters. The number of nitrogens with one attached hydrogen (secondary N) is 1. The van der Waals surface area contributed by atoms with E-state index >= 15 is 0 Å². The first-order chi connectivity index (χ1) is 16.8. The van der Waals surface area contributed by atoms with Crippen molar-refractivity contribution < 1.29 is 24.2 Å². The van der Waals surface area contributed by atoms with Gasteiger partial charge in [0.25, 0.3) is 5.91 Å². The highest BCUT2D eigenvalue weighted by Crippen LogP contribution is 2.29. The largest absolute Gasteiger partial charge is 0.388 e. The number of fused-ring (bicyclic) bond motifs is 1. The number of hydrogen-bond acceptors (Lipinski definition) is 7. The van der Waals surface area contributed by atoms with E-state index in [4.69, 9.17) is 4.74 Å². The lowest BCUT2D eigenvalue weighted by molar-refractivity contribution is -0.138. The highest BCUT2D eigenvalue weighted by Gasteiger charge is 2.52. The molecule has 0 saturated carbocycles. The molecule has 35 heavy (non-hydrogen) atoms. The molecule has 1 aromatic rings. The van der Waals surface area contributed by atoms with Crippen LogP contribution in [-0.4, -0.2) is 103 Å². The van der Waals surface area contributed by atoms with Gasteiger partial charge in [-0.15, -0.1) is 0 Å². The summed E-state index contributed by atoms with van der Waals surface area (Å²) in [4.78, 5) is 44.9. The topological polar surface area (TPSA) is 102 Å². The Labute approximate surface area is 207 Å². The smallest absolute Gasteiger partial charge is 0.251 e. The van der Waals surface area contributed by atoms with Gasteiger partial charge in [-0.25, -0.2) is 0 Å². The molecule has 0 aromatic heterocycles. The van der Waals surface area contributed by atoms with Crippen molar-refractivity contribution in [1.29, 1.82) is 0 Å². The van der Waals surface area contributed by atoms with Gasteiger partial charge < -0.3 is 25.0 Å². The Hall–Kier alpha value is -2.49. The van der Waals surface area contributed by atoms with Crippen LogP contribution in [0.1, 0.15) is 44.0 Å². The van der Waals surface area contributed by atoms with Crippen LogP contribution in [0.25, 0.3) is 0 Å². The van der Waals surface area contributed by atoms with Crippen molar-refractivity contribution in [3.05, 3.63) is 29.8 Å². The van der Waals surface area contributed by atoms with Gasteiger partial charge in [-0.2, -0.15) is 0 Å². The van der Waals surface area contributed by atoms with E-state index in [9.17, 15) is 19.5 Å². The fourth-order valence-corrected chi connectivity index (χ4v) is 5.36. The first-order valence-corrected chi connectivity index (χ1v) is 12.8. The van der Waals surface area contributed by atoms with Gasteiger partial charge in [-0.3, -0.25) is 19.3 Å². The molecular formula is C26H38N4O5. The number of carbonyl (C=O) groups excluding carboxylic acids is 3. The van der Waals surface area contributed by atoms with Crippen LogP contribution in [0.2, 0.25) is 0 Å². The Morgan fingerprint density at radius 3 is 2.46 bits per heavy atom. The zero-order chi connectivity index (χ0) is 25.1. The summed E-state index contributed by atoms with van der Waals surface area (Å²) in [7, 11) is 0. The molecular weight excluding hydrogens is 448 g/mol. The second-order valence-electron chi connectivity index (χ2n) is 10.3. The minimum absolute atomic E-state index is 0.0323. The number of amides is 2. The summed E-state index contributed by atoms with van der Waals surface area (Å²) in [6, 6.07) is 5.95. The van der Waals surface area contributed by atoms with E-state index in [2.05, 4.69) is 22.0 Å². The second kappa shape index (κ2) is 11.1. The molecule has 1 aromatic carbocycles. The van der Waals surface area contributed by atoms with Crippen molar-refractivity contribution in [2.24, 2.45) is 5.92 Å². The summed E-state index contributed by atoms with van der Waals surface area (Å²) in [5, 5.41) is 13.2. The fraction of sp³-hybridized carbons (Fsp3) is 0.654. The fourth-order valence-electron chi connectivity index (χ4n) is 5.36. The number of ketones is 1. The first-order valence-electron chi connectivity index (χ1n) is 12.8. The molecule has 9 nitrogen and oxygen atoms in total. The Kier molecular flexibility index (Phi) is 8.09. The molecule has 3 fully saturated rings. The number of nitrogens with zero attached hydrogens (tertiary/aromatic N) is 3. The summed E-state index contributed by atoms with van der Waals surface area (Å²) in [6.07, 6.45) is 0.0118. The number of likely N-dealkylation sites (tertiary alicyclic amines) is 1. The van der Waals surface area contributed by atoms with Crippen LogP contribution in [0.5, 0.6) is 0 Å². The zero-order valence-corrected chi connectivity index (χ0v) is 21.0. The lowest BCUT2D eigenvalue weighted by atomic mass is 10.0. The SMILES string of the molecule is CCCN1CCN(c2ccc(C(=O)N[C@@H](CC(C)C)C(=O)N3C[C@@H](O)[C@H]4OCC(=O)[C@H]43)cc2)CC1. The van der Waals surface area contributed by atoms with Gasteiger partial charge in [0.15, 0.2) is 5.78 Å². The minimum Gasteiger partial charge on any atom is -0.388 e. The number of carbonyl (C=O) groups is 3. The molecule has 3 saturated heterocycles. The van der Waals surface area contributed by atoms with Gasteiger partial charge in [-0.05, 0) is 49.6 Å². The highest BCUT2D eigenvalue weighted by atomic mass is 16.5. The van der Waals surface area contributed by atoms with Gasteiger partial charge in [0.2, 0.25) is 5.91 Å². The van der Waals surface area contributed by atoms with Crippen molar-refractivity contribution >= 4 is 23.3 Å². The van der Waals surface area contributed by atoms with E-state index in [-0.39, 0.29) is 36.7 Å². The van der Waals surface area contributed by atoms with Crippen molar-refractivity contribution in [2.45, 2.75) is 57.9 Å². The maximum atomic E-state index is 13.4. The maximum absolute atomic E-state index is 13.4. The summed E-state index contributed by atoms with van der Waals surface area (Å²) in [6.45, 7) is 11.2. The molecule has 0 radical (unpaired) electrons. The normalized spacial score (nSPS) is 25.7. The quantitative estimate of drug-likeness (QED) is 0.563. The van der Waals surface area contributed by atoms with Crippen molar-refractivity contribution in [1.82, 2.24) is 15.1 Å². The van der Waals surface area contributed by atoms with E-state index in [0.29, 0.717) is 12.0 Å². The Morgan fingerprint density at radius 1 is 1.14 bits per heavy atom. The number of rotatable bonds is 8. The van der Waals surface area contributed by atoms with Gasteiger partial charge >= 0.3 is 0 Å². The average molecular weight is 487 g/mol. The molecule has 4 rings (SSSR count). The number of piperazine rings is 1. The number of β-amino-alcohol motifs (C(OH)–C–C–N with tert-alkyl or cyclic N) is 1. The minimum atomic E-state index is -0.901. The molecule has 3 aliphatic heterocycles. The molecule has 0 bridgehead atoms. The van der Waals surface area contributed by atoms with Gasteiger partial charge in [0, 0.05) is 37.4 Å². The van der Waals surface area contributed by atoms with Crippen LogP contribution in [0.15, 0.2) is 24.3 Å². The summed E-state index contributed by atoms with van der Waals surface area (Å²) < 4.78 is 5.38. The molecule has 192 valence electrons. The maximum Gasteiger partial charge on any atom is 0.251 e. The summed E-state index contributed by atoms with van der Waals surface area (Å²) in [5.41, 5.74) is 1.57. The highest BCUT2D eigenvalue weighted by molar-refractivity contribution is 5.99. The number of aliphatic hydroxyl groups excluding tert-OH is 1. The van der Waals surface area contributed by atoms with Crippen molar-refractivity contribution in [2.75, 3.05) is 50.8 Å². The summed E-state index contributed by atoms with van der Waals surface area (Å²) in [5.74, 6) is -0.731. The molecule has 0 aliphatic carbocycles.